The summed E-state index contributed by atoms with van der Waals surface area (Å²) in [6.45, 7) is 3.80. The van der Waals surface area contributed by atoms with Gasteiger partial charge >= 0.3 is 0 Å². The van der Waals surface area contributed by atoms with E-state index in [1.807, 2.05) is 9.62 Å². The van der Waals surface area contributed by atoms with Crippen molar-refractivity contribution in [2.45, 2.75) is 37.5 Å². The molecule has 6 nitrogen and oxygen atoms in total. The highest BCUT2D eigenvalue weighted by molar-refractivity contribution is 7.92. The van der Waals surface area contributed by atoms with Crippen LogP contribution in [0.3, 0.4) is 0 Å². The number of nitrogens with zero attached hydrogens (tertiary/aromatic N) is 3. The Kier molecular flexibility index (Phi) is 6.34. The van der Waals surface area contributed by atoms with Crippen LogP contribution < -0.4 is 9.62 Å². The molecule has 1 saturated carbocycles. The number of halogens is 3. The van der Waals surface area contributed by atoms with Gasteiger partial charge in [0.15, 0.2) is 10.7 Å². The summed E-state index contributed by atoms with van der Waals surface area (Å²) in [4.78, 5) is 6.48. The second kappa shape index (κ2) is 8.79. The second-order valence-corrected chi connectivity index (χ2v) is 11.1. The van der Waals surface area contributed by atoms with Gasteiger partial charge in [0, 0.05) is 30.9 Å². The lowest BCUT2D eigenvalue weighted by molar-refractivity contribution is 0.183. The molecule has 2 heterocycles. The van der Waals surface area contributed by atoms with Crippen LogP contribution in [0.4, 0.5) is 24.7 Å². The number of nitrogens with one attached hydrogen (secondary N) is 1. The minimum absolute atomic E-state index is 0.0724. The first-order valence-electron chi connectivity index (χ1n) is 11.1. The van der Waals surface area contributed by atoms with Crippen molar-refractivity contribution in [3.63, 3.8) is 0 Å². The molecule has 1 spiro atoms. The highest BCUT2D eigenvalue weighted by atomic mass is 32.2. The summed E-state index contributed by atoms with van der Waals surface area (Å²) in [5.74, 6) is -3.08. The van der Waals surface area contributed by atoms with Gasteiger partial charge in [0.2, 0.25) is 5.95 Å². The summed E-state index contributed by atoms with van der Waals surface area (Å²) in [6.07, 6.45) is 4.32. The van der Waals surface area contributed by atoms with E-state index in [1.165, 1.54) is 19.1 Å². The zero-order valence-electron chi connectivity index (χ0n) is 19.0. The van der Waals surface area contributed by atoms with Crippen molar-refractivity contribution in [3.8, 4) is 0 Å². The molecule has 0 amide bonds. The normalized spacial score (nSPS) is 23.1. The topological polar surface area (TPSA) is 65.5 Å². The third kappa shape index (κ3) is 4.55. The smallest absolute Gasteiger partial charge is 0.268 e. The standard InChI is InChI=1S/C23H29F3N4O2S/c1-15-18(30-11-10-23(14-30)9-5-6-16(23)13-29(2)3)12-17(24)22(21(15)26)33(31,32)28-20-8-4-7-19(25)27-20/h4,7-8,12,16H,5-6,9-11,13-14H2,1-3H3,(H,27,28)/t16-,23+/m1/s1. The molecular weight excluding hydrogens is 453 g/mol. The maximum atomic E-state index is 15.3. The van der Waals surface area contributed by atoms with E-state index in [2.05, 4.69) is 24.0 Å². The van der Waals surface area contributed by atoms with Gasteiger partial charge in [-0.2, -0.15) is 4.39 Å². The number of rotatable bonds is 6. The first-order chi connectivity index (χ1) is 15.5. The molecule has 2 aliphatic rings. The van der Waals surface area contributed by atoms with Gasteiger partial charge in [-0.25, -0.2) is 22.2 Å². The number of sulfonamides is 1. The molecule has 0 radical (unpaired) electrons. The molecule has 1 aliphatic carbocycles. The lowest BCUT2D eigenvalue weighted by Gasteiger charge is -2.34. The van der Waals surface area contributed by atoms with Crippen molar-refractivity contribution in [2.75, 3.05) is 43.4 Å². The van der Waals surface area contributed by atoms with Crippen LogP contribution in [-0.4, -0.2) is 52.0 Å². The van der Waals surface area contributed by atoms with Crippen molar-refractivity contribution < 1.29 is 21.6 Å². The Morgan fingerprint density at radius 1 is 1.24 bits per heavy atom. The Hall–Kier alpha value is -2.33. The van der Waals surface area contributed by atoms with Crippen LogP contribution in [0.25, 0.3) is 0 Å². The van der Waals surface area contributed by atoms with Crippen molar-refractivity contribution in [2.24, 2.45) is 11.3 Å². The average molecular weight is 483 g/mol. The Morgan fingerprint density at radius 2 is 2.00 bits per heavy atom. The van der Waals surface area contributed by atoms with Gasteiger partial charge in [-0.1, -0.05) is 12.5 Å². The van der Waals surface area contributed by atoms with E-state index in [4.69, 9.17) is 0 Å². The summed E-state index contributed by atoms with van der Waals surface area (Å²) < 4.78 is 71.0. The summed E-state index contributed by atoms with van der Waals surface area (Å²) in [6, 6.07) is 4.58. The molecule has 33 heavy (non-hydrogen) atoms. The Bertz CT molecular complexity index is 1160. The molecular formula is C23H29F3N4O2S. The van der Waals surface area contributed by atoms with Gasteiger partial charge in [-0.15, -0.1) is 0 Å². The van der Waals surface area contributed by atoms with E-state index >= 15 is 8.78 Å². The number of benzene rings is 1. The van der Waals surface area contributed by atoms with Crippen molar-refractivity contribution in [1.82, 2.24) is 9.88 Å². The quantitative estimate of drug-likeness (QED) is 0.627. The van der Waals surface area contributed by atoms with Crippen LogP contribution in [0.15, 0.2) is 29.2 Å². The fraction of sp³-hybridized carbons (Fsp3) is 0.522. The predicted octanol–water partition coefficient (Wildman–Crippen LogP) is 4.17. The first-order valence-corrected chi connectivity index (χ1v) is 12.5. The van der Waals surface area contributed by atoms with Crippen LogP contribution in [-0.2, 0) is 10.0 Å². The predicted molar refractivity (Wildman–Crippen MR) is 121 cm³/mol. The molecule has 0 bridgehead atoms. The molecule has 1 aromatic heterocycles. The van der Waals surface area contributed by atoms with E-state index in [1.54, 1.807) is 0 Å². The number of hydrogen-bond acceptors (Lipinski definition) is 5. The molecule has 1 aliphatic heterocycles. The molecule has 1 saturated heterocycles. The van der Waals surface area contributed by atoms with Gasteiger partial charge in [0.05, 0.1) is 0 Å². The van der Waals surface area contributed by atoms with Crippen LogP contribution in [0.1, 0.15) is 31.2 Å². The number of hydrogen-bond donors (Lipinski definition) is 1. The maximum absolute atomic E-state index is 15.3. The Balaban J connectivity index is 1.63. The summed E-state index contributed by atoms with van der Waals surface area (Å²) in [5.41, 5.74) is 0.558. The maximum Gasteiger partial charge on any atom is 0.268 e. The van der Waals surface area contributed by atoms with Crippen LogP contribution >= 0.6 is 0 Å². The largest absolute Gasteiger partial charge is 0.371 e. The summed E-state index contributed by atoms with van der Waals surface area (Å²) >= 11 is 0. The molecule has 2 aromatic rings. The molecule has 0 unspecified atom stereocenters. The third-order valence-electron chi connectivity index (χ3n) is 7.02. The zero-order valence-corrected chi connectivity index (χ0v) is 19.9. The van der Waals surface area contributed by atoms with E-state index < -0.39 is 32.5 Å². The molecule has 4 rings (SSSR count). The van der Waals surface area contributed by atoms with Crippen molar-refractivity contribution >= 4 is 21.5 Å². The SMILES string of the molecule is Cc1c(N2CC[C@@]3(CCC[C@@H]3CN(C)C)C2)cc(F)c(S(=O)(=O)Nc2cccc(F)n2)c1F. The Labute approximate surface area is 192 Å². The molecule has 1 aromatic carbocycles. The zero-order chi connectivity index (χ0) is 24.0. The van der Waals surface area contributed by atoms with Crippen molar-refractivity contribution in [3.05, 3.63) is 47.4 Å². The second-order valence-electron chi connectivity index (χ2n) is 9.48. The minimum atomic E-state index is -4.65. The van der Waals surface area contributed by atoms with Gasteiger partial charge in [-0.05, 0) is 69.8 Å². The van der Waals surface area contributed by atoms with Crippen LogP contribution in [0, 0.1) is 35.8 Å². The van der Waals surface area contributed by atoms with Crippen molar-refractivity contribution in [1.29, 1.82) is 0 Å². The van der Waals surface area contributed by atoms with Gasteiger partial charge in [0.1, 0.15) is 11.6 Å². The lowest BCUT2D eigenvalue weighted by Crippen LogP contribution is -2.36. The minimum Gasteiger partial charge on any atom is -0.371 e. The monoisotopic (exact) mass is 482 g/mol. The number of aromatic nitrogens is 1. The van der Waals surface area contributed by atoms with Gasteiger partial charge in [0.25, 0.3) is 10.0 Å². The van der Waals surface area contributed by atoms with E-state index in [-0.39, 0.29) is 16.8 Å². The number of pyridine rings is 1. The first kappa shape index (κ1) is 23.8. The van der Waals surface area contributed by atoms with Crippen LogP contribution in [0.2, 0.25) is 0 Å². The average Bonchev–Trinajstić information content (AvgIpc) is 3.31. The third-order valence-corrected chi connectivity index (χ3v) is 8.41. The fourth-order valence-electron chi connectivity index (χ4n) is 5.49. The van der Waals surface area contributed by atoms with Gasteiger partial charge < -0.3 is 9.80 Å². The molecule has 180 valence electrons. The highest BCUT2D eigenvalue weighted by Crippen LogP contribution is 2.51. The molecule has 2 atom stereocenters. The van der Waals surface area contributed by atoms with E-state index in [0.29, 0.717) is 24.7 Å². The Morgan fingerprint density at radius 3 is 2.70 bits per heavy atom. The number of anilines is 2. The summed E-state index contributed by atoms with van der Waals surface area (Å²) in [7, 11) is -0.540. The highest BCUT2D eigenvalue weighted by Gasteiger charge is 2.47. The van der Waals surface area contributed by atoms with Crippen LogP contribution in [0.5, 0.6) is 0 Å². The fourth-order valence-corrected chi connectivity index (χ4v) is 6.68. The molecule has 1 N–H and O–H groups in total. The van der Waals surface area contributed by atoms with E-state index in [0.717, 1.165) is 44.4 Å². The van der Waals surface area contributed by atoms with E-state index in [9.17, 15) is 12.8 Å². The summed E-state index contributed by atoms with van der Waals surface area (Å²) in [5, 5.41) is 0. The lowest BCUT2D eigenvalue weighted by atomic mass is 9.77. The van der Waals surface area contributed by atoms with Gasteiger partial charge in [-0.3, -0.25) is 4.72 Å². The molecule has 2 fully saturated rings. The molecule has 10 heteroatoms.